The van der Waals surface area contributed by atoms with Crippen LogP contribution in [0.25, 0.3) is 0 Å². The summed E-state index contributed by atoms with van der Waals surface area (Å²) in [5.41, 5.74) is 17.6. The van der Waals surface area contributed by atoms with E-state index in [1.807, 2.05) is 6.92 Å². The molecule has 41 heavy (non-hydrogen) atoms. The van der Waals surface area contributed by atoms with Crippen molar-refractivity contribution in [1.29, 1.82) is 0 Å². The smallest absolute Gasteiger partial charge is 0.423 e. The van der Waals surface area contributed by atoms with E-state index in [1.54, 1.807) is 30.0 Å². The highest BCUT2D eigenvalue weighted by molar-refractivity contribution is 6.58. The molecule has 0 bridgehead atoms. The van der Waals surface area contributed by atoms with E-state index in [2.05, 4.69) is 10.6 Å². The van der Waals surface area contributed by atoms with Crippen LogP contribution in [-0.2, 0) is 20.6 Å². The van der Waals surface area contributed by atoms with Gasteiger partial charge in [-0.3, -0.25) is 14.4 Å². The molecule has 11 nitrogen and oxygen atoms in total. The lowest BCUT2D eigenvalue weighted by Crippen LogP contribution is -2.43. The summed E-state index contributed by atoms with van der Waals surface area (Å²) in [5, 5.41) is 22.5. The van der Waals surface area contributed by atoms with Gasteiger partial charge in [-0.15, -0.1) is 0 Å². The number of likely N-dealkylation sites (N-methyl/N-ethyl adjacent to an activating group) is 1. The molecule has 0 fully saturated rings. The number of nitrogens with zero attached hydrogens (tertiary/aromatic N) is 1. The molecule has 0 aliphatic carbocycles. The summed E-state index contributed by atoms with van der Waals surface area (Å²) < 4.78 is 35.8. The number of alkyl halides is 3. The van der Waals surface area contributed by atoms with Crippen molar-refractivity contribution in [1.82, 2.24) is 10.2 Å². The second kappa shape index (κ2) is 20.4. The molecule has 0 aliphatic heterocycles. The number of rotatable bonds is 12. The van der Waals surface area contributed by atoms with Crippen molar-refractivity contribution in [2.45, 2.75) is 38.9 Å². The number of halogens is 3. The van der Waals surface area contributed by atoms with Crippen LogP contribution in [0.5, 0.6) is 0 Å². The highest BCUT2D eigenvalue weighted by Gasteiger charge is 2.29. The fourth-order valence-corrected chi connectivity index (χ4v) is 3.15. The Labute approximate surface area is 238 Å². The van der Waals surface area contributed by atoms with Gasteiger partial charge in [0.1, 0.15) is 0 Å². The monoisotopic (exact) mass is 584 g/mol. The van der Waals surface area contributed by atoms with Crippen LogP contribution in [0.3, 0.4) is 0 Å². The third-order valence-electron chi connectivity index (χ3n) is 5.30. The number of hydrogen-bond acceptors (Lipinski definition) is 8. The molecule has 15 heteroatoms. The molecular weight excluding hydrogens is 544 g/mol. The Balaban J connectivity index is 0.000000608. The molecule has 0 saturated heterocycles. The largest absolute Gasteiger partial charge is 0.488 e. The van der Waals surface area contributed by atoms with Gasteiger partial charge in [0.15, 0.2) is 0 Å². The summed E-state index contributed by atoms with van der Waals surface area (Å²) >= 11 is 0. The summed E-state index contributed by atoms with van der Waals surface area (Å²) in [5.74, 6) is -0.292. The van der Waals surface area contributed by atoms with E-state index in [4.69, 9.17) is 27.2 Å². The van der Waals surface area contributed by atoms with Gasteiger partial charge in [-0.1, -0.05) is 29.8 Å². The Hall–Kier alpha value is -3.50. The Morgan fingerprint density at radius 2 is 1.66 bits per heavy atom. The van der Waals surface area contributed by atoms with Gasteiger partial charge in [-0.25, -0.2) is 0 Å². The van der Waals surface area contributed by atoms with Crippen LogP contribution in [-0.4, -0.2) is 79.1 Å². The number of hydrogen-bond donors (Lipinski definition) is 7. The van der Waals surface area contributed by atoms with Crippen LogP contribution in [0.2, 0.25) is 0 Å². The van der Waals surface area contributed by atoms with Crippen molar-refractivity contribution in [3.05, 3.63) is 59.7 Å². The van der Waals surface area contributed by atoms with E-state index in [0.29, 0.717) is 56.7 Å². The molecule has 0 aliphatic rings. The standard InChI is InChI=1S/C11H25N5O2.C8H7F3.C7H8BNO3/c1-2-15-11(18)9(14)3-4-10(17)16(7-5-12)8-6-13;1-6-2-4-7(5-3-6)8(9,10)11;10-5-9-7-3-1-2-6(4-7)8(11)12/h9H,2-8,12-14H2,1H3,(H,15,18);2-5H,1H3;1-5,11-12H,(H,9,10). The molecule has 2 aromatic carbocycles. The first-order chi connectivity index (χ1) is 19.3. The minimum Gasteiger partial charge on any atom is -0.423 e. The summed E-state index contributed by atoms with van der Waals surface area (Å²) in [6.07, 6.45) is -3.12. The first kappa shape index (κ1) is 37.5. The Kier molecular flexibility index (Phi) is 18.7. The van der Waals surface area contributed by atoms with E-state index < -0.39 is 24.9 Å². The highest BCUT2D eigenvalue weighted by Crippen LogP contribution is 2.28. The first-order valence-electron chi connectivity index (χ1n) is 12.8. The lowest BCUT2D eigenvalue weighted by atomic mass is 9.80. The molecule has 0 spiro atoms. The van der Waals surface area contributed by atoms with Crippen LogP contribution < -0.4 is 33.3 Å². The van der Waals surface area contributed by atoms with Crippen molar-refractivity contribution in [2.24, 2.45) is 17.2 Å². The molecule has 1 unspecified atom stereocenters. The maximum Gasteiger partial charge on any atom is 0.488 e. The maximum atomic E-state index is 11.9. The fourth-order valence-electron chi connectivity index (χ4n) is 3.15. The van der Waals surface area contributed by atoms with Crippen molar-refractivity contribution < 1.29 is 37.6 Å². The van der Waals surface area contributed by atoms with Crippen LogP contribution in [0.1, 0.15) is 30.9 Å². The number of nitrogens with two attached hydrogens (primary N) is 3. The highest BCUT2D eigenvalue weighted by atomic mass is 19.4. The average Bonchev–Trinajstić information content (AvgIpc) is 2.92. The molecule has 2 rings (SSSR count). The number of carbonyl (C=O) groups is 3. The van der Waals surface area contributed by atoms with E-state index in [-0.39, 0.29) is 18.2 Å². The molecule has 10 N–H and O–H groups in total. The van der Waals surface area contributed by atoms with Gasteiger partial charge in [-0.05, 0) is 50.0 Å². The summed E-state index contributed by atoms with van der Waals surface area (Å²) in [7, 11) is -1.50. The molecule has 228 valence electrons. The fraction of sp³-hybridized carbons (Fsp3) is 0.423. The van der Waals surface area contributed by atoms with Crippen LogP contribution in [0, 0.1) is 6.92 Å². The van der Waals surface area contributed by atoms with Crippen LogP contribution >= 0.6 is 0 Å². The third kappa shape index (κ3) is 16.4. The molecule has 3 amide bonds. The van der Waals surface area contributed by atoms with Gasteiger partial charge in [0, 0.05) is 44.8 Å². The molecule has 0 radical (unpaired) electrons. The molecule has 0 heterocycles. The van der Waals surface area contributed by atoms with Gasteiger partial charge in [0.25, 0.3) is 0 Å². The number of carbonyl (C=O) groups excluding carboxylic acids is 3. The maximum absolute atomic E-state index is 11.9. The third-order valence-corrected chi connectivity index (χ3v) is 5.30. The van der Waals surface area contributed by atoms with Crippen molar-refractivity contribution >= 4 is 36.5 Å². The summed E-state index contributed by atoms with van der Waals surface area (Å²) in [6, 6.07) is 10.7. The lowest BCUT2D eigenvalue weighted by Gasteiger charge is -2.21. The molecule has 0 saturated carbocycles. The quantitative estimate of drug-likeness (QED) is 0.133. The van der Waals surface area contributed by atoms with Gasteiger partial charge < -0.3 is 42.8 Å². The van der Waals surface area contributed by atoms with Crippen molar-refractivity contribution in [2.75, 3.05) is 38.0 Å². The van der Waals surface area contributed by atoms with Gasteiger partial charge in [0.05, 0.1) is 11.6 Å². The second-order valence-electron chi connectivity index (χ2n) is 8.62. The minimum atomic E-state index is -4.21. The number of aryl methyl sites for hydroxylation is 1. The molecule has 1 atom stereocenters. The van der Waals surface area contributed by atoms with Gasteiger partial charge in [-0.2, -0.15) is 13.2 Å². The predicted octanol–water partition coefficient (Wildman–Crippen LogP) is -0.0755. The zero-order valence-corrected chi connectivity index (χ0v) is 23.2. The van der Waals surface area contributed by atoms with Gasteiger partial charge in [0.2, 0.25) is 18.2 Å². The SMILES string of the molecule is CCNC(=O)C(N)CCC(=O)N(CCN)CCN.Cc1ccc(C(F)(F)F)cc1.O=CNc1cccc(B(O)O)c1. The van der Waals surface area contributed by atoms with E-state index in [9.17, 15) is 27.6 Å². The van der Waals surface area contributed by atoms with E-state index >= 15 is 0 Å². The summed E-state index contributed by atoms with van der Waals surface area (Å²) in [6.45, 7) is 5.86. The van der Waals surface area contributed by atoms with Crippen molar-refractivity contribution in [3.63, 3.8) is 0 Å². The Morgan fingerprint density at radius 1 is 1.07 bits per heavy atom. The molecular formula is C26H40BF3N6O5. The lowest BCUT2D eigenvalue weighted by molar-refractivity contribution is -0.137. The number of anilines is 1. The average molecular weight is 584 g/mol. The zero-order valence-electron chi connectivity index (χ0n) is 23.2. The van der Waals surface area contributed by atoms with Crippen LogP contribution in [0.15, 0.2) is 48.5 Å². The van der Waals surface area contributed by atoms with Gasteiger partial charge >= 0.3 is 13.3 Å². The normalized spacial score (nSPS) is 11.1. The topological polar surface area (TPSA) is 197 Å². The zero-order chi connectivity index (χ0) is 31.4. The Morgan fingerprint density at radius 3 is 2.12 bits per heavy atom. The second-order valence-corrected chi connectivity index (χ2v) is 8.62. The van der Waals surface area contributed by atoms with E-state index in [0.717, 1.165) is 17.7 Å². The number of amides is 3. The summed E-state index contributed by atoms with van der Waals surface area (Å²) in [4.78, 5) is 34.8. The first-order valence-corrected chi connectivity index (χ1v) is 12.8. The van der Waals surface area contributed by atoms with Crippen molar-refractivity contribution in [3.8, 4) is 0 Å². The Bertz CT molecular complexity index is 1040. The minimum absolute atomic E-state index is 0.0642. The number of benzene rings is 2. The predicted molar refractivity (Wildman–Crippen MR) is 153 cm³/mol. The molecule has 2 aromatic rings. The van der Waals surface area contributed by atoms with E-state index in [1.165, 1.54) is 18.2 Å². The van der Waals surface area contributed by atoms with Crippen LogP contribution in [0.4, 0.5) is 18.9 Å². The molecule has 0 aromatic heterocycles. The number of nitrogens with one attached hydrogen (secondary N) is 2.